The Balaban J connectivity index is 2.30. The van der Waals surface area contributed by atoms with Gasteiger partial charge in [0, 0.05) is 6.54 Å². The van der Waals surface area contributed by atoms with Crippen molar-refractivity contribution in [2.24, 2.45) is 23.2 Å². The number of piperidine rings is 1. The van der Waals surface area contributed by atoms with Crippen molar-refractivity contribution < 1.29 is 0 Å². The summed E-state index contributed by atoms with van der Waals surface area (Å²) in [6.07, 6.45) is 2.63. The topological polar surface area (TPSA) is 24.1 Å². The van der Waals surface area contributed by atoms with E-state index in [9.17, 15) is 0 Å². The third-order valence-corrected chi connectivity index (χ3v) is 4.46. The molecule has 1 saturated heterocycles. The van der Waals surface area contributed by atoms with Crippen LogP contribution in [0.15, 0.2) is 0 Å². The minimum absolute atomic E-state index is 0.518. The molecule has 1 aliphatic heterocycles. The first-order chi connectivity index (χ1) is 7.94. The molecule has 102 valence electrons. The van der Waals surface area contributed by atoms with Gasteiger partial charge in [-0.25, -0.2) is 0 Å². The highest BCUT2D eigenvalue weighted by Gasteiger charge is 2.26. The third kappa shape index (κ3) is 4.97. The van der Waals surface area contributed by atoms with Crippen molar-refractivity contribution in [3.63, 3.8) is 0 Å². The second-order valence-electron chi connectivity index (χ2n) is 6.84. The quantitative estimate of drug-likeness (QED) is 0.746. The Morgan fingerprint density at radius 1 is 1.06 bits per heavy atom. The standard InChI is InChI=1S/C15H32N2/c1-12(2)14(13(3)4)10-17-11-15(5)6-8-16-9-7-15/h12-14,16-17H,6-11H2,1-5H3. The van der Waals surface area contributed by atoms with Gasteiger partial charge in [0.2, 0.25) is 0 Å². The average molecular weight is 240 g/mol. The predicted octanol–water partition coefficient (Wildman–Crippen LogP) is 2.89. The molecule has 1 heterocycles. The first-order valence-corrected chi connectivity index (χ1v) is 7.36. The fourth-order valence-corrected chi connectivity index (χ4v) is 2.99. The molecule has 0 aliphatic carbocycles. The molecule has 2 heteroatoms. The summed E-state index contributed by atoms with van der Waals surface area (Å²) in [5.74, 6) is 2.37. The lowest BCUT2D eigenvalue weighted by Crippen LogP contribution is -2.43. The lowest BCUT2D eigenvalue weighted by molar-refractivity contribution is 0.202. The number of hydrogen-bond acceptors (Lipinski definition) is 2. The molecule has 0 amide bonds. The smallest absolute Gasteiger partial charge is 0.000623 e. The van der Waals surface area contributed by atoms with Gasteiger partial charge >= 0.3 is 0 Å². The minimum Gasteiger partial charge on any atom is -0.317 e. The van der Waals surface area contributed by atoms with Crippen molar-refractivity contribution in [3.05, 3.63) is 0 Å². The van der Waals surface area contributed by atoms with Crippen molar-refractivity contribution in [1.29, 1.82) is 0 Å². The first kappa shape index (κ1) is 15.0. The van der Waals surface area contributed by atoms with Crippen LogP contribution in [0, 0.1) is 23.2 Å². The van der Waals surface area contributed by atoms with Gasteiger partial charge in [-0.2, -0.15) is 0 Å². The van der Waals surface area contributed by atoms with E-state index in [0.717, 1.165) is 17.8 Å². The van der Waals surface area contributed by atoms with Crippen LogP contribution in [0.5, 0.6) is 0 Å². The van der Waals surface area contributed by atoms with E-state index in [-0.39, 0.29) is 0 Å². The summed E-state index contributed by atoms with van der Waals surface area (Å²) < 4.78 is 0. The van der Waals surface area contributed by atoms with Crippen LogP contribution in [0.25, 0.3) is 0 Å². The zero-order valence-electron chi connectivity index (χ0n) is 12.5. The molecular weight excluding hydrogens is 208 g/mol. The molecule has 0 aromatic carbocycles. The fourth-order valence-electron chi connectivity index (χ4n) is 2.99. The van der Waals surface area contributed by atoms with Gasteiger partial charge in [-0.05, 0) is 55.6 Å². The minimum atomic E-state index is 0.518. The van der Waals surface area contributed by atoms with E-state index in [2.05, 4.69) is 45.3 Å². The molecule has 0 unspecified atom stereocenters. The van der Waals surface area contributed by atoms with E-state index < -0.39 is 0 Å². The van der Waals surface area contributed by atoms with Gasteiger partial charge in [0.1, 0.15) is 0 Å². The van der Waals surface area contributed by atoms with Gasteiger partial charge in [0.05, 0.1) is 0 Å². The molecule has 1 rings (SSSR count). The van der Waals surface area contributed by atoms with E-state index in [1.807, 2.05) is 0 Å². The number of nitrogens with one attached hydrogen (secondary N) is 2. The molecule has 17 heavy (non-hydrogen) atoms. The van der Waals surface area contributed by atoms with Crippen LogP contribution in [0.2, 0.25) is 0 Å². The van der Waals surface area contributed by atoms with Crippen molar-refractivity contribution >= 4 is 0 Å². The summed E-state index contributed by atoms with van der Waals surface area (Å²) in [6.45, 7) is 16.6. The Kier molecular flexibility index (Phi) is 5.94. The van der Waals surface area contributed by atoms with Crippen LogP contribution in [0.1, 0.15) is 47.5 Å². The van der Waals surface area contributed by atoms with Gasteiger partial charge in [-0.1, -0.05) is 34.6 Å². The molecule has 0 radical (unpaired) electrons. The second-order valence-corrected chi connectivity index (χ2v) is 6.84. The molecule has 2 N–H and O–H groups in total. The molecule has 0 bridgehead atoms. The summed E-state index contributed by atoms with van der Waals surface area (Å²) in [6, 6.07) is 0. The molecule has 0 saturated carbocycles. The largest absolute Gasteiger partial charge is 0.317 e. The van der Waals surface area contributed by atoms with Crippen LogP contribution in [0.3, 0.4) is 0 Å². The molecule has 0 atom stereocenters. The van der Waals surface area contributed by atoms with Gasteiger partial charge in [0.15, 0.2) is 0 Å². The van der Waals surface area contributed by atoms with E-state index >= 15 is 0 Å². The summed E-state index contributed by atoms with van der Waals surface area (Å²) in [4.78, 5) is 0. The van der Waals surface area contributed by atoms with Gasteiger partial charge < -0.3 is 10.6 Å². The van der Waals surface area contributed by atoms with E-state index in [1.165, 1.54) is 39.0 Å². The van der Waals surface area contributed by atoms with Crippen molar-refractivity contribution in [2.45, 2.75) is 47.5 Å². The summed E-state index contributed by atoms with van der Waals surface area (Å²) in [5.41, 5.74) is 0.518. The Morgan fingerprint density at radius 3 is 2.06 bits per heavy atom. The molecule has 0 aromatic heterocycles. The molecule has 0 spiro atoms. The van der Waals surface area contributed by atoms with Crippen LogP contribution >= 0.6 is 0 Å². The maximum atomic E-state index is 3.73. The highest BCUT2D eigenvalue weighted by atomic mass is 14.9. The van der Waals surface area contributed by atoms with Gasteiger partial charge in [-0.3, -0.25) is 0 Å². The molecule has 1 aliphatic rings. The lowest BCUT2D eigenvalue weighted by atomic mass is 9.80. The second kappa shape index (κ2) is 6.75. The first-order valence-electron chi connectivity index (χ1n) is 7.36. The lowest BCUT2D eigenvalue weighted by Gasteiger charge is -2.35. The van der Waals surface area contributed by atoms with Crippen molar-refractivity contribution in [3.8, 4) is 0 Å². The van der Waals surface area contributed by atoms with E-state index in [1.54, 1.807) is 0 Å². The van der Waals surface area contributed by atoms with Gasteiger partial charge in [0.25, 0.3) is 0 Å². The van der Waals surface area contributed by atoms with E-state index in [0.29, 0.717) is 5.41 Å². The Bertz CT molecular complexity index is 197. The summed E-state index contributed by atoms with van der Waals surface area (Å²) in [7, 11) is 0. The SMILES string of the molecule is CC(C)C(CNCC1(C)CCNCC1)C(C)C. The van der Waals surface area contributed by atoms with Crippen molar-refractivity contribution in [2.75, 3.05) is 26.2 Å². The normalized spacial score (nSPS) is 20.5. The van der Waals surface area contributed by atoms with Crippen LogP contribution in [-0.2, 0) is 0 Å². The maximum absolute atomic E-state index is 3.73. The highest BCUT2D eigenvalue weighted by Crippen LogP contribution is 2.27. The third-order valence-electron chi connectivity index (χ3n) is 4.46. The Labute approximate surface area is 108 Å². The van der Waals surface area contributed by atoms with E-state index in [4.69, 9.17) is 0 Å². The molecule has 1 fully saturated rings. The summed E-state index contributed by atoms with van der Waals surface area (Å²) >= 11 is 0. The average Bonchev–Trinajstić information content (AvgIpc) is 2.24. The maximum Gasteiger partial charge on any atom is 0.000623 e. The molecule has 2 nitrogen and oxygen atoms in total. The van der Waals surface area contributed by atoms with Gasteiger partial charge in [-0.15, -0.1) is 0 Å². The van der Waals surface area contributed by atoms with Crippen LogP contribution in [0.4, 0.5) is 0 Å². The Morgan fingerprint density at radius 2 is 1.59 bits per heavy atom. The highest BCUT2D eigenvalue weighted by molar-refractivity contribution is 4.83. The van der Waals surface area contributed by atoms with Crippen molar-refractivity contribution in [1.82, 2.24) is 10.6 Å². The monoisotopic (exact) mass is 240 g/mol. The number of hydrogen-bond donors (Lipinski definition) is 2. The fraction of sp³-hybridized carbons (Fsp3) is 1.00. The van der Waals surface area contributed by atoms with Crippen LogP contribution < -0.4 is 10.6 Å². The predicted molar refractivity (Wildman–Crippen MR) is 76.2 cm³/mol. The van der Waals surface area contributed by atoms with Crippen LogP contribution in [-0.4, -0.2) is 26.2 Å². The molecule has 0 aromatic rings. The number of rotatable bonds is 6. The Hall–Kier alpha value is -0.0800. The zero-order valence-corrected chi connectivity index (χ0v) is 12.5. The zero-order chi connectivity index (χ0) is 12.9. The summed E-state index contributed by atoms with van der Waals surface area (Å²) in [5, 5.41) is 7.18. The molecular formula is C15H32N2.